The molecule has 1 aliphatic rings. The largest absolute Gasteiger partial charge is 0.444 e. The normalized spacial score (nSPS) is 28.8. The first-order chi connectivity index (χ1) is 7.83. The Hall–Kier alpha value is -1.06. The first kappa shape index (κ1) is 14.0. The van der Waals surface area contributed by atoms with Gasteiger partial charge in [-0.3, -0.25) is 0 Å². The Morgan fingerprint density at radius 3 is 2.65 bits per heavy atom. The maximum Gasteiger partial charge on any atom is 0.407 e. The molecule has 1 aliphatic carbocycles. The molecule has 0 heterocycles. The van der Waals surface area contributed by atoms with Crippen molar-refractivity contribution in [1.82, 2.24) is 5.32 Å². The fraction of sp³-hybridized carbons (Fsp3) is 0.846. The Kier molecular flexibility index (Phi) is 4.17. The number of hydrogen-bond donors (Lipinski definition) is 1. The van der Waals surface area contributed by atoms with Crippen LogP contribution < -0.4 is 5.32 Å². The number of hydrogen-bond acceptors (Lipinski definition) is 3. The molecule has 0 saturated heterocycles. The Labute approximate surface area is 103 Å². The fourth-order valence-corrected chi connectivity index (χ4v) is 2.41. The second-order valence-corrected chi connectivity index (χ2v) is 5.80. The molecule has 2 atom stereocenters. The summed E-state index contributed by atoms with van der Waals surface area (Å²) >= 11 is 0. The Balaban J connectivity index is 2.62. The second kappa shape index (κ2) is 5.07. The molecule has 1 saturated carbocycles. The highest BCUT2D eigenvalue weighted by Gasteiger charge is 2.42. The van der Waals surface area contributed by atoms with Crippen LogP contribution in [-0.2, 0) is 9.53 Å². The zero-order valence-electron chi connectivity index (χ0n) is 11.2. The van der Waals surface area contributed by atoms with E-state index in [0.29, 0.717) is 0 Å². The van der Waals surface area contributed by atoms with Crippen molar-refractivity contribution in [3.63, 3.8) is 0 Å². The summed E-state index contributed by atoms with van der Waals surface area (Å²) in [5.74, 6) is 0. The molecule has 4 nitrogen and oxygen atoms in total. The number of carbonyl (C=O) groups is 2. The van der Waals surface area contributed by atoms with Gasteiger partial charge in [-0.2, -0.15) is 0 Å². The van der Waals surface area contributed by atoms with Crippen molar-refractivity contribution in [3.8, 4) is 0 Å². The summed E-state index contributed by atoms with van der Waals surface area (Å²) in [6.45, 7) is 7.47. The third-order valence-corrected chi connectivity index (χ3v) is 3.41. The Morgan fingerprint density at radius 2 is 2.18 bits per heavy atom. The van der Waals surface area contributed by atoms with Gasteiger partial charge in [0.25, 0.3) is 0 Å². The van der Waals surface area contributed by atoms with Gasteiger partial charge in [0, 0.05) is 11.5 Å². The molecule has 0 radical (unpaired) electrons. The van der Waals surface area contributed by atoms with E-state index in [1.807, 2.05) is 27.7 Å². The highest BCUT2D eigenvalue weighted by Crippen LogP contribution is 2.39. The van der Waals surface area contributed by atoms with Crippen LogP contribution in [-0.4, -0.2) is 24.0 Å². The third-order valence-electron chi connectivity index (χ3n) is 3.41. The lowest BCUT2D eigenvalue weighted by Gasteiger charge is -2.30. The highest BCUT2D eigenvalue weighted by molar-refractivity contribution is 5.70. The van der Waals surface area contributed by atoms with E-state index >= 15 is 0 Å². The van der Waals surface area contributed by atoms with Gasteiger partial charge in [0.2, 0.25) is 0 Å². The van der Waals surface area contributed by atoms with Crippen LogP contribution in [0.15, 0.2) is 0 Å². The van der Waals surface area contributed by atoms with Gasteiger partial charge in [0.1, 0.15) is 11.9 Å². The van der Waals surface area contributed by atoms with Gasteiger partial charge < -0.3 is 14.8 Å². The molecule has 17 heavy (non-hydrogen) atoms. The van der Waals surface area contributed by atoms with Gasteiger partial charge in [-0.15, -0.1) is 0 Å². The molecule has 1 amide bonds. The fourth-order valence-electron chi connectivity index (χ4n) is 2.41. The summed E-state index contributed by atoms with van der Waals surface area (Å²) in [5, 5.41) is 2.84. The Morgan fingerprint density at radius 1 is 1.53 bits per heavy atom. The van der Waals surface area contributed by atoms with Crippen molar-refractivity contribution in [1.29, 1.82) is 0 Å². The minimum absolute atomic E-state index is 0.0835. The molecule has 0 unspecified atom stereocenters. The molecule has 98 valence electrons. The maximum absolute atomic E-state index is 11.7. The van der Waals surface area contributed by atoms with Crippen molar-refractivity contribution < 1.29 is 14.3 Å². The number of carbonyl (C=O) groups excluding carboxylic acids is 2. The molecule has 1 rings (SSSR count). The summed E-state index contributed by atoms with van der Waals surface area (Å²) in [6, 6.07) is -0.0835. The quantitative estimate of drug-likeness (QED) is 0.773. The van der Waals surface area contributed by atoms with Gasteiger partial charge in [-0.05, 0) is 40.0 Å². The lowest BCUT2D eigenvalue weighted by Crippen LogP contribution is -2.46. The summed E-state index contributed by atoms with van der Waals surface area (Å²) < 4.78 is 5.22. The highest BCUT2D eigenvalue weighted by atomic mass is 16.6. The van der Waals surface area contributed by atoms with Crippen LogP contribution in [0.1, 0.15) is 53.4 Å². The molecule has 0 aromatic rings. The minimum atomic E-state index is -0.501. The SMILES string of the molecule is CC[C@]1(C=O)CCC[C@@H]1NC(=O)OC(C)(C)C. The van der Waals surface area contributed by atoms with Gasteiger partial charge >= 0.3 is 6.09 Å². The minimum Gasteiger partial charge on any atom is -0.444 e. The topological polar surface area (TPSA) is 55.4 Å². The predicted octanol–water partition coefficient (Wildman–Crippen LogP) is 2.66. The first-order valence-corrected chi connectivity index (χ1v) is 6.29. The average molecular weight is 241 g/mol. The number of nitrogens with one attached hydrogen (secondary N) is 1. The zero-order valence-corrected chi connectivity index (χ0v) is 11.2. The number of amides is 1. The molecular weight excluding hydrogens is 218 g/mol. The van der Waals surface area contributed by atoms with E-state index < -0.39 is 17.1 Å². The van der Waals surface area contributed by atoms with Crippen LogP contribution in [0.4, 0.5) is 4.79 Å². The predicted molar refractivity (Wildman–Crippen MR) is 65.8 cm³/mol. The Bertz CT molecular complexity index is 296. The molecule has 0 spiro atoms. The monoisotopic (exact) mass is 241 g/mol. The molecule has 0 aromatic carbocycles. The lowest BCUT2D eigenvalue weighted by atomic mass is 9.81. The van der Waals surface area contributed by atoms with Crippen molar-refractivity contribution in [2.24, 2.45) is 5.41 Å². The third kappa shape index (κ3) is 3.45. The first-order valence-electron chi connectivity index (χ1n) is 6.29. The van der Waals surface area contributed by atoms with Crippen LogP contribution >= 0.6 is 0 Å². The van der Waals surface area contributed by atoms with Gasteiger partial charge in [0.15, 0.2) is 0 Å². The van der Waals surface area contributed by atoms with E-state index in [-0.39, 0.29) is 6.04 Å². The molecule has 1 N–H and O–H groups in total. The van der Waals surface area contributed by atoms with Crippen LogP contribution in [0.25, 0.3) is 0 Å². The lowest BCUT2D eigenvalue weighted by molar-refractivity contribution is -0.117. The van der Waals surface area contributed by atoms with Crippen molar-refractivity contribution in [3.05, 3.63) is 0 Å². The molecular formula is C13H23NO3. The number of aldehydes is 1. The van der Waals surface area contributed by atoms with Crippen molar-refractivity contribution >= 4 is 12.4 Å². The number of rotatable bonds is 3. The number of ether oxygens (including phenoxy) is 1. The van der Waals surface area contributed by atoms with E-state index in [2.05, 4.69) is 5.32 Å². The summed E-state index contributed by atoms with van der Waals surface area (Å²) in [6.07, 6.45) is 4.02. The molecule has 0 bridgehead atoms. The van der Waals surface area contributed by atoms with Crippen LogP contribution in [0.3, 0.4) is 0 Å². The second-order valence-electron chi connectivity index (χ2n) is 5.80. The summed E-state index contributed by atoms with van der Waals surface area (Å²) in [5.41, 5.74) is -0.893. The van der Waals surface area contributed by atoms with Crippen LogP contribution in [0.2, 0.25) is 0 Å². The van der Waals surface area contributed by atoms with E-state index in [1.165, 1.54) is 0 Å². The van der Waals surface area contributed by atoms with Crippen LogP contribution in [0, 0.1) is 5.41 Å². The molecule has 1 fully saturated rings. The maximum atomic E-state index is 11.7. The van der Waals surface area contributed by atoms with Crippen LogP contribution in [0.5, 0.6) is 0 Å². The number of alkyl carbamates (subject to hydrolysis) is 1. The summed E-state index contributed by atoms with van der Waals surface area (Å²) in [4.78, 5) is 22.9. The molecule has 0 aliphatic heterocycles. The van der Waals surface area contributed by atoms with E-state index in [0.717, 1.165) is 32.0 Å². The average Bonchev–Trinajstić information content (AvgIpc) is 2.58. The van der Waals surface area contributed by atoms with Gasteiger partial charge in [-0.25, -0.2) is 4.79 Å². The smallest absolute Gasteiger partial charge is 0.407 e. The summed E-state index contributed by atoms with van der Waals surface area (Å²) in [7, 11) is 0. The molecule has 0 aromatic heterocycles. The van der Waals surface area contributed by atoms with Gasteiger partial charge in [-0.1, -0.05) is 13.3 Å². The van der Waals surface area contributed by atoms with E-state index in [4.69, 9.17) is 4.74 Å². The van der Waals surface area contributed by atoms with E-state index in [1.54, 1.807) is 0 Å². The van der Waals surface area contributed by atoms with E-state index in [9.17, 15) is 9.59 Å². The van der Waals surface area contributed by atoms with Crippen molar-refractivity contribution in [2.45, 2.75) is 65.0 Å². The zero-order chi connectivity index (χ0) is 13.1. The van der Waals surface area contributed by atoms with Crippen molar-refractivity contribution in [2.75, 3.05) is 0 Å². The standard InChI is InChI=1S/C13H23NO3/c1-5-13(9-15)8-6-7-10(13)14-11(16)17-12(2,3)4/h9-10H,5-8H2,1-4H3,(H,14,16)/t10-,13+/m0/s1. The van der Waals surface area contributed by atoms with Gasteiger partial charge in [0.05, 0.1) is 0 Å². The molecule has 4 heteroatoms.